The molecule has 15 heavy (non-hydrogen) atoms. The fourth-order valence-electron chi connectivity index (χ4n) is 1.54. The molecular formula is C11H14FNO2. The van der Waals surface area contributed by atoms with Crippen LogP contribution in [0.4, 0.5) is 4.39 Å². The molecule has 1 fully saturated rings. The highest BCUT2D eigenvalue weighted by Crippen LogP contribution is 2.31. The first-order valence-corrected chi connectivity index (χ1v) is 4.86. The lowest BCUT2D eigenvalue weighted by Crippen LogP contribution is -2.61. The van der Waals surface area contributed by atoms with Crippen LogP contribution in [0, 0.1) is 5.82 Å². The van der Waals surface area contributed by atoms with Crippen LogP contribution in [-0.2, 0) is 0 Å². The molecule has 0 aliphatic carbocycles. The Hall–Kier alpha value is -1.29. The van der Waals surface area contributed by atoms with E-state index in [1.807, 2.05) is 6.92 Å². The Morgan fingerprint density at radius 2 is 2.07 bits per heavy atom. The van der Waals surface area contributed by atoms with E-state index in [1.165, 1.54) is 12.1 Å². The smallest absolute Gasteiger partial charge is 0.165 e. The zero-order valence-corrected chi connectivity index (χ0v) is 8.84. The number of rotatable bonds is 3. The number of ether oxygens (including phenoxy) is 2. The van der Waals surface area contributed by atoms with E-state index in [-0.39, 0.29) is 11.4 Å². The predicted octanol–water partition coefficient (Wildman–Crippen LogP) is 1.57. The molecule has 2 rings (SSSR count). The van der Waals surface area contributed by atoms with Gasteiger partial charge in [-0.25, -0.2) is 4.39 Å². The van der Waals surface area contributed by atoms with Crippen molar-refractivity contribution in [2.75, 3.05) is 20.2 Å². The second-order valence-corrected chi connectivity index (χ2v) is 3.95. The molecule has 0 spiro atoms. The monoisotopic (exact) mass is 211 g/mol. The van der Waals surface area contributed by atoms with Crippen molar-refractivity contribution >= 4 is 0 Å². The quantitative estimate of drug-likeness (QED) is 0.823. The molecule has 1 heterocycles. The largest absolute Gasteiger partial charge is 0.493 e. The normalized spacial score (nSPS) is 18.1. The van der Waals surface area contributed by atoms with E-state index in [1.54, 1.807) is 13.2 Å². The Bertz CT molecular complexity index is 364. The van der Waals surface area contributed by atoms with Crippen molar-refractivity contribution in [3.05, 3.63) is 24.0 Å². The van der Waals surface area contributed by atoms with E-state index >= 15 is 0 Å². The van der Waals surface area contributed by atoms with Crippen molar-refractivity contribution in [1.82, 2.24) is 5.32 Å². The van der Waals surface area contributed by atoms with E-state index in [0.29, 0.717) is 11.5 Å². The second-order valence-electron chi connectivity index (χ2n) is 3.95. The molecular weight excluding hydrogens is 197 g/mol. The predicted molar refractivity (Wildman–Crippen MR) is 54.9 cm³/mol. The first kappa shape index (κ1) is 10.2. The van der Waals surface area contributed by atoms with E-state index in [2.05, 4.69) is 5.32 Å². The highest BCUT2D eigenvalue weighted by Gasteiger charge is 2.34. The molecule has 1 aromatic carbocycles. The first-order valence-electron chi connectivity index (χ1n) is 4.86. The van der Waals surface area contributed by atoms with E-state index in [4.69, 9.17) is 9.47 Å². The highest BCUT2D eigenvalue weighted by molar-refractivity contribution is 5.40. The number of nitrogens with one attached hydrogen (secondary N) is 1. The number of methoxy groups -OCH3 is 1. The number of halogens is 1. The van der Waals surface area contributed by atoms with Crippen LogP contribution in [0.15, 0.2) is 18.2 Å². The first-order chi connectivity index (χ1) is 7.13. The molecule has 0 unspecified atom stereocenters. The van der Waals surface area contributed by atoms with Crippen molar-refractivity contribution in [1.29, 1.82) is 0 Å². The molecule has 0 saturated carbocycles. The minimum atomic E-state index is -0.318. The van der Waals surface area contributed by atoms with Crippen molar-refractivity contribution in [2.45, 2.75) is 12.5 Å². The minimum absolute atomic E-state index is 0.249. The number of benzene rings is 1. The lowest BCUT2D eigenvalue weighted by atomic mass is 10.00. The average molecular weight is 211 g/mol. The van der Waals surface area contributed by atoms with Crippen LogP contribution in [0.5, 0.6) is 11.5 Å². The third-order valence-electron chi connectivity index (χ3n) is 2.48. The summed E-state index contributed by atoms with van der Waals surface area (Å²) in [4.78, 5) is 0. The Morgan fingerprint density at radius 1 is 1.33 bits per heavy atom. The SMILES string of the molecule is COc1ccc(F)cc1OC1(C)CNC1. The molecule has 4 heteroatoms. The molecule has 0 atom stereocenters. The van der Waals surface area contributed by atoms with Crippen molar-refractivity contribution < 1.29 is 13.9 Å². The van der Waals surface area contributed by atoms with Gasteiger partial charge in [0.25, 0.3) is 0 Å². The Balaban J connectivity index is 2.21. The van der Waals surface area contributed by atoms with Crippen LogP contribution in [0.3, 0.4) is 0 Å². The fourth-order valence-corrected chi connectivity index (χ4v) is 1.54. The van der Waals surface area contributed by atoms with Crippen LogP contribution < -0.4 is 14.8 Å². The summed E-state index contributed by atoms with van der Waals surface area (Å²) < 4.78 is 23.8. The van der Waals surface area contributed by atoms with E-state index in [9.17, 15) is 4.39 Å². The number of hydrogen-bond acceptors (Lipinski definition) is 3. The van der Waals surface area contributed by atoms with Gasteiger partial charge < -0.3 is 14.8 Å². The minimum Gasteiger partial charge on any atom is -0.493 e. The van der Waals surface area contributed by atoms with Gasteiger partial charge in [0.15, 0.2) is 11.5 Å². The lowest BCUT2D eigenvalue weighted by Gasteiger charge is -2.39. The molecule has 0 amide bonds. The molecule has 1 aromatic rings. The van der Waals surface area contributed by atoms with Crippen molar-refractivity contribution in [3.63, 3.8) is 0 Å². The van der Waals surface area contributed by atoms with E-state index in [0.717, 1.165) is 13.1 Å². The summed E-state index contributed by atoms with van der Waals surface area (Å²) in [6.45, 7) is 3.52. The van der Waals surface area contributed by atoms with Gasteiger partial charge in [-0.05, 0) is 19.1 Å². The van der Waals surface area contributed by atoms with Gasteiger partial charge in [0.2, 0.25) is 0 Å². The van der Waals surface area contributed by atoms with Crippen molar-refractivity contribution in [2.24, 2.45) is 0 Å². The molecule has 1 aliphatic heterocycles. The maximum Gasteiger partial charge on any atom is 0.165 e. The standard InChI is InChI=1S/C11H14FNO2/c1-11(6-13-7-11)15-10-5-8(12)3-4-9(10)14-2/h3-5,13H,6-7H2,1-2H3. The fraction of sp³-hybridized carbons (Fsp3) is 0.455. The Labute approximate surface area is 88.2 Å². The zero-order valence-electron chi connectivity index (χ0n) is 8.84. The Kier molecular flexibility index (Phi) is 2.52. The van der Waals surface area contributed by atoms with Crippen LogP contribution in [0.2, 0.25) is 0 Å². The molecule has 1 aliphatic rings. The molecule has 0 radical (unpaired) electrons. The summed E-state index contributed by atoms with van der Waals surface area (Å²) >= 11 is 0. The summed E-state index contributed by atoms with van der Waals surface area (Å²) in [7, 11) is 1.54. The van der Waals surface area contributed by atoms with Gasteiger partial charge in [-0.15, -0.1) is 0 Å². The maximum atomic E-state index is 13.0. The Morgan fingerprint density at radius 3 is 2.60 bits per heavy atom. The third-order valence-corrected chi connectivity index (χ3v) is 2.48. The maximum absolute atomic E-state index is 13.0. The number of hydrogen-bond donors (Lipinski definition) is 1. The molecule has 0 aromatic heterocycles. The van der Waals surface area contributed by atoms with Gasteiger partial charge in [-0.2, -0.15) is 0 Å². The van der Waals surface area contributed by atoms with E-state index < -0.39 is 0 Å². The third kappa shape index (κ3) is 2.04. The molecule has 3 nitrogen and oxygen atoms in total. The lowest BCUT2D eigenvalue weighted by molar-refractivity contribution is 0.0321. The second kappa shape index (κ2) is 3.70. The summed E-state index contributed by atoms with van der Waals surface area (Å²) in [5.74, 6) is 0.702. The van der Waals surface area contributed by atoms with Crippen LogP contribution in [0.1, 0.15) is 6.92 Å². The van der Waals surface area contributed by atoms with Gasteiger partial charge in [-0.1, -0.05) is 0 Å². The highest BCUT2D eigenvalue weighted by atomic mass is 19.1. The van der Waals surface area contributed by atoms with Crippen LogP contribution in [-0.4, -0.2) is 25.8 Å². The molecule has 1 N–H and O–H groups in total. The van der Waals surface area contributed by atoms with Gasteiger partial charge in [0.1, 0.15) is 11.4 Å². The van der Waals surface area contributed by atoms with Crippen molar-refractivity contribution in [3.8, 4) is 11.5 Å². The molecule has 82 valence electrons. The summed E-state index contributed by atoms with van der Waals surface area (Å²) in [6, 6.07) is 4.27. The average Bonchev–Trinajstić information content (AvgIpc) is 2.16. The molecule has 0 bridgehead atoms. The van der Waals surface area contributed by atoms with Crippen LogP contribution >= 0.6 is 0 Å². The van der Waals surface area contributed by atoms with Gasteiger partial charge in [0, 0.05) is 19.2 Å². The van der Waals surface area contributed by atoms with Gasteiger partial charge in [0.05, 0.1) is 7.11 Å². The molecule has 1 saturated heterocycles. The summed E-state index contributed by atoms with van der Waals surface area (Å²) in [5.41, 5.74) is -0.249. The summed E-state index contributed by atoms with van der Waals surface area (Å²) in [6.07, 6.45) is 0. The zero-order chi connectivity index (χ0) is 10.9. The summed E-state index contributed by atoms with van der Waals surface area (Å²) in [5, 5.41) is 3.11. The van der Waals surface area contributed by atoms with Gasteiger partial charge in [-0.3, -0.25) is 0 Å². The van der Waals surface area contributed by atoms with Crippen LogP contribution in [0.25, 0.3) is 0 Å². The topological polar surface area (TPSA) is 30.5 Å². The van der Waals surface area contributed by atoms with Gasteiger partial charge >= 0.3 is 0 Å².